The Morgan fingerprint density at radius 2 is 2.15 bits per heavy atom. The van der Waals surface area contributed by atoms with Gasteiger partial charge in [0.05, 0.1) is 5.02 Å². The van der Waals surface area contributed by atoms with Gasteiger partial charge in [0.25, 0.3) is 5.91 Å². The number of rotatable bonds is 6. The fourth-order valence-corrected chi connectivity index (χ4v) is 2.31. The number of halogens is 3. The normalized spacial score (nSPS) is 15.2. The lowest BCUT2D eigenvalue weighted by Crippen LogP contribution is -2.43. The van der Waals surface area contributed by atoms with Gasteiger partial charge >= 0.3 is 0 Å². The van der Waals surface area contributed by atoms with Crippen LogP contribution in [0.2, 0.25) is 10.0 Å². The molecule has 0 spiro atoms. The molecule has 20 heavy (non-hydrogen) atoms. The summed E-state index contributed by atoms with van der Waals surface area (Å²) in [5.41, 5.74) is 5.62. The lowest BCUT2D eigenvalue weighted by molar-refractivity contribution is -0.123. The van der Waals surface area contributed by atoms with Gasteiger partial charge in [0, 0.05) is 17.6 Å². The predicted octanol–water partition coefficient (Wildman–Crippen LogP) is 2.65. The topological polar surface area (TPSA) is 64.3 Å². The second-order valence-corrected chi connectivity index (χ2v) is 5.45. The highest BCUT2D eigenvalue weighted by atomic mass is 35.5. The van der Waals surface area contributed by atoms with Crippen LogP contribution in [0.5, 0.6) is 5.75 Å². The Morgan fingerprint density at radius 3 is 2.70 bits per heavy atom. The number of nitrogens with one attached hydrogen (secondary N) is 1. The number of hydrogen-bond donors (Lipinski definition) is 2. The number of carbonyl (C=O) groups is 1. The summed E-state index contributed by atoms with van der Waals surface area (Å²) in [6, 6.07) is 4.92. The number of hydrogen-bond acceptors (Lipinski definition) is 3. The van der Waals surface area contributed by atoms with Gasteiger partial charge in [-0.05, 0) is 37.0 Å². The zero-order valence-corrected chi connectivity index (χ0v) is 13.1. The van der Waals surface area contributed by atoms with Crippen molar-refractivity contribution in [3.8, 4) is 5.75 Å². The fourth-order valence-electron chi connectivity index (χ4n) is 1.85. The van der Waals surface area contributed by atoms with Crippen molar-refractivity contribution in [3.05, 3.63) is 28.2 Å². The molecule has 112 valence electrons. The Hall–Kier alpha value is -0.680. The van der Waals surface area contributed by atoms with Crippen molar-refractivity contribution in [1.29, 1.82) is 0 Å². The van der Waals surface area contributed by atoms with Crippen LogP contribution < -0.4 is 15.8 Å². The van der Waals surface area contributed by atoms with E-state index in [0.717, 1.165) is 12.8 Å². The first-order chi connectivity index (χ1) is 9.10. The van der Waals surface area contributed by atoms with Crippen molar-refractivity contribution in [2.24, 2.45) is 11.7 Å². The molecule has 0 aliphatic heterocycles. The molecule has 3 N–H and O–H groups in total. The largest absolute Gasteiger partial charge is 0.482 e. The molecule has 0 radical (unpaired) electrons. The zero-order valence-electron chi connectivity index (χ0n) is 10.8. The van der Waals surface area contributed by atoms with E-state index in [0.29, 0.717) is 28.3 Å². The Balaban J connectivity index is 0.00000200. The summed E-state index contributed by atoms with van der Waals surface area (Å²) in [5.74, 6) is 0.776. The third-order valence-electron chi connectivity index (χ3n) is 3.04. The molecule has 2 rings (SSSR count). The molecule has 1 aromatic carbocycles. The molecular formula is C13H17Cl3N2O2. The SMILES string of the molecule is Cl.NCC(NC(=O)COc1ccc(Cl)cc1Cl)C1CC1. The highest BCUT2D eigenvalue weighted by Gasteiger charge is 2.31. The van der Waals surface area contributed by atoms with Crippen LogP contribution in [-0.2, 0) is 4.79 Å². The number of nitrogens with two attached hydrogens (primary N) is 1. The molecule has 7 heteroatoms. The van der Waals surface area contributed by atoms with E-state index >= 15 is 0 Å². The van der Waals surface area contributed by atoms with Gasteiger partial charge in [0.15, 0.2) is 6.61 Å². The van der Waals surface area contributed by atoms with Gasteiger partial charge in [-0.3, -0.25) is 4.79 Å². The van der Waals surface area contributed by atoms with Gasteiger partial charge in [-0.25, -0.2) is 0 Å². The quantitative estimate of drug-likeness (QED) is 0.837. The molecule has 1 aliphatic carbocycles. The van der Waals surface area contributed by atoms with E-state index in [4.69, 9.17) is 33.7 Å². The average molecular weight is 340 g/mol. The van der Waals surface area contributed by atoms with Crippen LogP contribution >= 0.6 is 35.6 Å². The Kier molecular flexibility index (Phi) is 6.89. The molecule has 1 fully saturated rings. The summed E-state index contributed by atoms with van der Waals surface area (Å²) in [6.45, 7) is 0.378. The molecular weight excluding hydrogens is 323 g/mol. The molecule has 0 saturated heterocycles. The van der Waals surface area contributed by atoms with Crippen LogP contribution in [0.25, 0.3) is 0 Å². The number of carbonyl (C=O) groups excluding carboxylic acids is 1. The van der Waals surface area contributed by atoms with E-state index in [2.05, 4.69) is 5.32 Å². The summed E-state index contributed by atoms with van der Waals surface area (Å²) in [6.07, 6.45) is 2.26. The highest BCUT2D eigenvalue weighted by molar-refractivity contribution is 6.35. The second-order valence-electron chi connectivity index (χ2n) is 4.61. The first-order valence-corrected chi connectivity index (χ1v) is 6.93. The van der Waals surface area contributed by atoms with Crippen molar-refractivity contribution < 1.29 is 9.53 Å². The molecule has 1 atom stereocenters. The van der Waals surface area contributed by atoms with Gasteiger partial charge in [0.1, 0.15) is 5.75 Å². The standard InChI is InChI=1S/C13H16Cl2N2O2.ClH/c14-9-3-4-12(10(15)5-9)19-7-13(18)17-11(6-16)8-1-2-8;/h3-5,8,11H,1-2,6-7,16H2,(H,17,18);1H. The van der Waals surface area contributed by atoms with Crippen molar-refractivity contribution in [3.63, 3.8) is 0 Å². The minimum absolute atomic E-state index is 0. The van der Waals surface area contributed by atoms with Gasteiger partial charge in [0.2, 0.25) is 0 Å². The fraction of sp³-hybridized carbons (Fsp3) is 0.462. The molecule has 0 heterocycles. The van der Waals surface area contributed by atoms with E-state index in [1.807, 2.05) is 0 Å². The van der Waals surface area contributed by atoms with Crippen LogP contribution in [0.1, 0.15) is 12.8 Å². The van der Waals surface area contributed by atoms with E-state index < -0.39 is 0 Å². The summed E-state index contributed by atoms with van der Waals surface area (Å²) in [5, 5.41) is 3.79. The van der Waals surface area contributed by atoms with Gasteiger partial charge in [-0.2, -0.15) is 0 Å². The van der Waals surface area contributed by atoms with E-state index in [-0.39, 0.29) is 31.0 Å². The second kappa shape index (κ2) is 7.93. The Bertz CT molecular complexity index is 467. The molecule has 0 bridgehead atoms. The Morgan fingerprint density at radius 1 is 1.45 bits per heavy atom. The number of benzene rings is 1. The maximum absolute atomic E-state index is 11.7. The first kappa shape index (κ1) is 17.4. The highest BCUT2D eigenvalue weighted by Crippen LogP contribution is 2.32. The third kappa shape index (κ3) is 5.02. The molecule has 1 aliphatic rings. The maximum atomic E-state index is 11.7. The predicted molar refractivity (Wildman–Crippen MR) is 82.9 cm³/mol. The molecule has 1 saturated carbocycles. The zero-order chi connectivity index (χ0) is 13.8. The smallest absolute Gasteiger partial charge is 0.258 e. The van der Waals surface area contributed by atoms with E-state index in [1.165, 1.54) is 0 Å². The first-order valence-electron chi connectivity index (χ1n) is 6.17. The van der Waals surface area contributed by atoms with Crippen molar-refractivity contribution in [2.75, 3.05) is 13.2 Å². The molecule has 1 aromatic rings. The van der Waals surface area contributed by atoms with Gasteiger partial charge in [-0.1, -0.05) is 23.2 Å². The van der Waals surface area contributed by atoms with Crippen LogP contribution in [-0.4, -0.2) is 25.1 Å². The van der Waals surface area contributed by atoms with Crippen LogP contribution in [0.4, 0.5) is 0 Å². The minimum Gasteiger partial charge on any atom is -0.482 e. The summed E-state index contributed by atoms with van der Waals surface area (Å²) < 4.78 is 5.36. The minimum atomic E-state index is -0.187. The summed E-state index contributed by atoms with van der Waals surface area (Å²) in [4.78, 5) is 11.7. The van der Waals surface area contributed by atoms with Gasteiger partial charge in [-0.15, -0.1) is 12.4 Å². The van der Waals surface area contributed by atoms with Crippen molar-refractivity contribution >= 4 is 41.5 Å². The van der Waals surface area contributed by atoms with E-state index in [1.54, 1.807) is 18.2 Å². The molecule has 1 amide bonds. The Labute approximate surface area is 134 Å². The molecule has 1 unspecified atom stereocenters. The van der Waals surface area contributed by atoms with Crippen LogP contribution in [0.15, 0.2) is 18.2 Å². The average Bonchev–Trinajstić information content (AvgIpc) is 3.19. The van der Waals surface area contributed by atoms with E-state index in [9.17, 15) is 4.79 Å². The van der Waals surface area contributed by atoms with Crippen LogP contribution in [0, 0.1) is 5.92 Å². The maximum Gasteiger partial charge on any atom is 0.258 e. The molecule has 4 nitrogen and oxygen atoms in total. The summed E-state index contributed by atoms with van der Waals surface area (Å²) in [7, 11) is 0. The summed E-state index contributed by atoms with van der Waals surface area (Å²) >= 11 is 11.7. The van der Waals surface area contributed by atoms with Gasteiger partial charge < -0.3 is 15.8 Å². The molecule has 0 aromatic heterocycles. The lowest BCUT2D eigenvalue weighted by atomic mass is 10.2. The van der Waals surface area contributed by atoms with Crippen LogP contribution in [0.3, 0.4) is 0 Å². The van der Waals surface area contributed by atoms with Crippen molar-refractivity contribution in [2.45, 2.75) is 18.9 Å². The van der Waals surface area contributed by atoms with Crippen molar-refractivity contribution in [1.82, 2.24) is 5.32 Å². The third-order valence-corrected chi connectivity index (χ3v) is 3.57. The lowest BCUT2D eigenvalue weighted by Gasteiger charge is -2.16. The number of ether oxygens (including phenoxy) is 1. The number of amides is 1. The monoisotopic (exact) mass is 338 g/mol.